The number of hydrogen-bond acceptors (Lipinski definition) is 3. The van der Waals surface area contributed by atoms with Crippen LogP contribution in [0.5, 0.6) is 0 Å². The number of sulfonamides is 1. The molecule has 0 bridgehead atoms. The molecule has 0 saturated heterocycles. The fourth-order valence-electron chi connectivity index (χ4n) is 2.96. The molecule has 3 rings (SSSR count). The predicted molar refractivity (Wildman–Crippen MR) is 119 cm³/mol. The molecule has 30 heavy (non-hydrogen) atoms. The number of carbonyl (C=O) groups is 1. The van der Waals surface area contributed by atoms with Crippen LogP contribution in [0.3, 0.4) is 0 Å². The second-order valence-corrected chi connectivity index (χ2v) is 9.11. The smallest absolute Gasteiger partial charge is 0.241 e. The van der Waals surface area contributed by atoms with E-state index in [0.717, 1.165) is 16.7 Å². The maximum atomic E-state index is 12.9. The molecule has 5 nitrogen and oxygen atoms in total. The molecule has 0 saturated carbocycles. The van der Waals surface area contributed by atoms with Crippen LogP contribution in [0.4, 0.5) is 0 Å². The van der Waals surface area contributed by atoms with Crippen molar-refractivity contribution in [2.75, 3.05) is 0 Å². The lowest BCUT2D eigenvalue weighted by atomic mass is 10.1. The van der Waals surface area contributed by atoms with Gasteiger partial charge in [0.05, 0.1) is 4.90 Å². The summed E-state index contributed by atoms with van der Waals surface area (Å²) < 4.78 is 28.3. The molecule has 1 unspecified atom stereocenters. The Bertz CT molecular complexity index is 1100. The van der Waals surface area contributed by atoms with Crippen LogP contribution in [0.25, 0.3) is 0 Å². The molecule has 0 heterocycles. The van der Waals surface area contributed by atoms with Gasteiger partial charge in [0.1, 0.15) is 6.04 Å². The summed E-state index contributed by atoms with van der Waals surface area (Å²) in [6.07, 6.45) is 0.223. The summed E-state index contributed by atoms with van der Waals surface area (Å²) in [6.45, 7) is 2.08. The second-order valence-electron chi connectivity index (χ2n) is 6.99. The van der Waals surface area contributed by atoms with Crippen LogP contribution in [0.15, 0.2) is 83.8 Å². The molecule has 3 aromatic carbocycles. The van der Waals surface area contributed by atoms with Crippen molar-refractivity contribution in [1.82, 2.24) is 10.0 Å². The molecule has 0 aliphatic carbocycles. The first-order valence-corrected chi connectivity index (χ1v) is 11.4. The summed E-state index contributed by atoms with van der Waals surface area (Å²) in [6, 6.07) is 22.0. The van der Waals surface area contributed by atoms with E-state index in [4.69, 9.17) is 11.6 Å². The number of hydrogen-bond donors (Lipinski definition) is 2. The Balaban J connectivity index is 1.79. The third kappa shape index (κ3) is 5.92. The highest BCUT2D eigenvalue weighted by Gasteiger charge is 2.26. The quantitative estimate of drug-likeness (QED) is 0.556. The maximum absolute atomic E-state index is 12.9. The van der Waals surface area contributed by atoms with Gasteiger partial charge in [-0.05, 0) is 42.7 Å². The average molecular weight is 443 g/mol. The first-order valence-electron chi connectivity index (χ1n) is 9.49. The van der Waals surface area contributed by atoms with Gasteiger partial charge >= 0.3 is 0 Å². The molecule has 0 aromatic heterocycles. The van der Waals surface area contributed by atoms with E-state index < -0.39 is 22.0 Å². The van der Waals surface area contributed by atoms with Crippen molar-refractivity contribution in [3.05, 3.63) is 101 Å². The van der Waals surface area contributed by atoms with Crippen LogP contribution in [0.1, 0.15) is 16.7 Å². The molecular formula is C23H23ClN2O3S. The first-order chi connectivity index (χ1) is 14.3. The highest BCUT2D eigenvalue weighted by molar-refractivity contribution is 7.89. The van der Waals surface area contributed by atoms with Crippen molar-refractivity contribution in [2.45, 2.75) is 30.8 Å². The van der Waals surface area contributed by atoms with Gasteiger partial charge < -0.3 is 5.32 Å². The number of nitrogens with one attached hydrogen (secondary N) is 2. The number of aryl methyl sites for hydroxylation is 1. The normalized spacial score (nSPS) is 12.3. The van der Waals surface area contributed by atoms with E-state index in [-0.39, 0.29) is 17.9 Å². The minimum Gasteiger partial charge on any atom is -0.351 e. The van der Waals surface area contributed by atoms with E-state index in [2.05, 4.69) is 10.0 Å². The Morgan fingerprint density at radius 2 is 1.57 bits per heavy atom. The lowest BCUT2D eigenvalue weighted by Gasteiger charge is -2.19. The molecule has 0 aliphatic heterocycles. The monoisotopic (exact) mass is 442 g/mol. The summed E-state index contributed by atoms with van der Waals surface area (Å²) in [7, 11) is -3.87. The van der Waals surface area contributed by atoms with Crippen LogP contribution in [-0.2, 0) is 27.8 Å². The zero-order chi connectivity index (χ0) is 21.6. The van der Waals surface area contributed by atoms with E-state index in [0.29, 0.717) is 5.02 Å². The zero-order valence-electron chi connectivity index (χ0n) is 16.5. The lowest BCUT2D eigenvalue weighted by Crippen LogP contribution is -2.47. The van der Waals surface area contributed by atoms with Crippen LogP contribution >= 0.6 is 11.6 Å². The van der Waals surface area contributed by atoms with Crippen LogP contribution in [0.2, 0.25) is 5.02 Å². The Morgan fingerprint density at radius 1 is 0.933 bits per heavy atom. The van der Waals surface area contributed by atoms with Gasteiger partial charge in [-0.15, -0.1) is 0 Å². The summed E-state index contributed by atoms with van der Waals surface area (Å²) in [5.41, 5.74) is 2.56. The molecule has 0 radical (unpaired) electrons. The van der Waals surface area contributed by atoms with Crippen molar-refractivity contribution >= 4 is 27.5 Å². The average Bonchev–Trinajstić information content (AvgIpc) is 2.73. The standard InChI is InChI=1S/C23H23ClN2O3S/c1-17-11-13-20(14-12-17)30(28,29)26-22(15-18-7-3-2-4-8-18)23(27)25-16-19-9-5-6-10-21(19)24/h2-14,22,26H,15-16H2,1H3,(H,25,27). The Morgan fingerprint density at radius 3 is 2.23 bits per heavy atom. The number of carbonyl (C=O) groups excluding carboxylic acids is 1. The first kappa shape index (κ1) is 22.0. The van der Waals surface area contributed by atoms with E-state index in [1.165, 1.54) is 12.1 Å². The minimum atomic E-state index is -3.87. The summed E-state index contributed by atoms with van der Waals surface area (Å²) in [5, 5.41) is 3.33. The Hall–Kier alpha value is -2.67. The summed E-state index contributed by atoms with van der Waals surface area (Å²) in [5.74, 6) is -0.422. The van der Waals surface area contributed by atoms with Crippen LogP contribution in [-0.4, -0.2) is 20.4 Å². The molecular weight excluding hydrogens is 420 g/mol. The van der Waals surface area contributed by atoms with E-state index in [9.17, 15) is 13.2 Å². The molecule has 0 fully saturated rings. The van der Waals surface area contributed by atoms with Gasteiger partial charge in [-0.25, -0.2) is 8.42 Å². The summed E-state index contributed by atoms with van der Waals surface area (Å²) >= 11 is 6.15. The van der Waals surface area contributed by atoms with Gasteiger partial charge in [0, 0.05) is 11.6 Å². The molecule has 0 spiro atoms. The maximum Gasteiger partial charge on any atom is 0.241 e. The Labute approximate surface area is 182 Å². The summed E-state index contributed by atoms with van der Waals surface area (Å²) in [4.78, 5) is 13.0. The molecule has 2 N–H and O–H groups in total. The molecule has 1 amide bonds. The lowest BCUT2D eigenvalue weighted by molar-refractivity contribution is -0.122. The molecule has 1 atom stereocenters. The van der Waals surface area contributed by atoms with Gasteiger partial charge in [0.25, 0.3) is 0 Å². The largest absolute Gasteiger partial charge is 0.351 e. The fourth-order valence-corrected chi connectivity index (χ4v) is 4.36. The Kier molecular flexibility index (Phi) is 7.26. The number of halogens is 1. The topological polar surface area (TPSA) is 75.3 Å². The number of rotatable bonds is 8. The molecule has 7 heteroatoms. The number of benzene rings is 3. The van der Waals surface area contributed by atoms with Crippen molar-refractivity contribution in [1.29, 1.82) is 0 Å². The third-order valence-corrected chi connectivity index (χ3v) is 6.50. The number of amides is 1. The minimum absolute atomic E-state index is 0.116. The van der Waals surface area contributed by atoms with Crippen molar-refractivity contribution in [3.63, 3.8) is 0 Å². The second kappa shape index (κ2) is 9.89. The fraction of sp³-hybridized carbons (Fsp3) is 0.174. The van der Waals surface area contributed by atoms with Gasteiger partial charge in [0.15, 0.2) is 0 Å². The SMILES string of the molecule is Cc1ccc(S(=O)(=O)NC(Cc2ccccc2)C(=O)NCc2ccccc2Cl)cc1. The van der Waals surface area contributed by atoms with Crippen LogP contribution < -0.4 is 10.0 Å². The van der Waals surface area contributed by atoms with Gasteiger partial charge in [0.2, 0.25) is 15.9 Å². The van der Waals surface area contributed by atoms with Gasteiger partial charge in [-0.3, -0.25) is 4.79 Å². The van der Waals surface area contributed by atoms with E-state index >= 15 is 0 Å². The predicted octanol–water partition coefficient (Wildman–Crippen LogP) is 3.85. The van der Waals surface area contributed by atoms with E-state index in [1.807, 2.05) is 55.5 Å². The zero-order valence-corrected chi connectivity index (χ0v) is 18.1. The van der Waals surface area contributed by atoms with Gasteiger partial charge in [-0.1, -0.05) is 77.8 Å². The van der Waals surface area contributed by atoms with Gasteiger partial charge in [-0.2, -0.15) is 4.72 Å². The molecule has 3 aromatic rings. The van der Waals surface area contributed by atoms with E-state index in [1.54, 1.807) is 18.2 Å². The highest BCUT2D eigenvalue weighted by Crippen LogP contribution is 2.15. The van der Waals surface area contributed by atoms with Crippen LogP contribution in [0, 0.1) is 6.92 Å². The van der Waals surface area contributed by atoms with Crippen molar-refractivity contribution < 1.29 is 13.2 Å². The highest BCUT2D eigenvalue weighted by atomic mass is 35.5. The van der Waals surface area contributed by atoms with Crippen molar-refractivity contribution in [2.24, 2.45) is 0 Å². The third-order valence-electron chi connectivity index (χ3n) is 4.64. The molecule has 156 valence electrons. The van der Waals surface area contributed by atoms with Crippen molar-refractivity contribution in [3.8, 4) is 0 Å². The molecule has 0 aliphatic rings.